The number of hydrogen-bond acceptors (Lipinski definition) is 5. The molecular formula is C25H25ClFN5O2. The summed E-state index contributed by atoms with van der Waals surface area (Å²) in [6, 6.07) is 13.4. The molecule has 1 fully saturated rings. The summed E-state index contributed by atoms with van der Waals surface area (Å²) in [4.78, 5) is 36.2. The Morgan fingerprint density at radius 2 is 1.62 bits per heavy atom. The average Bonchev–Trinajstić information content (AvgIpc) is 3.38. The molecule has 2 amide bonds. The van der Waals surface area contributed by atoms with Crippen LogP contribution in [0.4, 0.5) is 4.39 Å². The van der Waals surface area contributed by atoms with Crippen molar-refractivity contribution in [3.05, 3.63) is 94.3 Å². The summed E-state index contributed by atoms with van der Waals surface area (Å²) in [6.45, 7) is 2.39. The lowest BCUT2D eigenvalue weighted by Gasteiger charge is -2.28. The standard InChI is InChI=1S/C25H25ClFN5O2/c26-19-5-3-4-18(14-19)21(32-12-1-2-13-32)16-31-25(34)23-22(28-10-11-29-23)24(33)30-15-17-6-8-20(27)9-7-17/h3-11,14,21H,1-2,12-13,15-16H2,(H,30,33)(H,31,34). The minimum atomic E-state index is -0.534. The summed E-state index contributed by atoms with van der Waals surface area (Å²) >= 11 is 6.20. The van der Waals surface area contributed by atoms with E-state index in [1.54, 1.807) is 12.1 Å². The van der Waals surface area contributed by atoms with Gasteiger partial charge >= 0.3 is 0 Å². The van der Waals surface area contributed by atoms with E-state index in [-0.39, 0.29) is 29.8 Å². The molecule has 1 saturated heterocycles. The number of amides is 2. The fourth-order valence-corrected chi connectivity index (χ4v) is 4.24. The van der Waals surface area contributed by atoms with Gasteiger partial charge in [0, 0.05) is 30.5 Å². The lowest BCUT2D eigenvalue weighted by Crippen LogP contribution is -2.38. The quantitative estimate of drug-likeness (QED) is 0.511. The molecule has 0 radical (unpaired) electrons. The number of halogens is 2. The van der Waals surface area contributed by atoms with E-state index in [0.717, 1.165) is 37.1 Å². The van der Waals surface area contributed by atoms with Crippen LogP contribution in [0.15, 0.2) is 60.9 Å². The zero-order valence-corrected chi connectivity index (χ0v) is 19.3. The smallest absolute Gasteiger partial charge is 0.272 e. The fraction of sp³-hybridized carbons (Fsp3) is 0.280. The number of benzene rings is 2. The van der Waals surface area contributed by atoms with Gasteiger partial charge in [-0.05, 0) is 61.3 Å². The van der Waals surface area contributed by atoms with Gasteiger partial charge in [0.1, 0.15) is 5.82 Å². The van der Waals surface area contributed by atoms with Gasteiger partial charge in [-0.15, -0.1) is 0 Å². The molecular weight excluding hydrogens is 457 g/mol. The molecule has 0 saturated carbocycles. The molecule has 1 aromatic heterocycles. The fourth-order valence-electron chi connectivity index (χ4n) is 4.04. The van der Waals surface area contributed by atoms with Gasteiger partial charge in [0.05, 0.1) is 6.04 Å². The third-order valence-corrected chi connectivity index (χ3v) is 6.00. The van der Waals surface area contributed by atoms with Gasteiger partial charge in [-0.25, -0.2) is 14.4 Å². The first-order valence-electron chi connectivity index (χ1n) is 11.1. The van der Waals surface area contributed by atoms with Crippen LogP contribution < -0.4 is 10.6 Å². The Labute approximate surface area is 202 Å². The molecule has 0 bridgehead atoms. The van der Waals surface area contributed by atoms with Crippen molar-refractivity contribution in [1.29, 1.82) is 0 Å². The normalized spacial score (nSPS) is 14.5. The number of carbonyl (C=O) groups is 2. The lowest BCUT2D eigenvalue weighted by atomic mass is 10.1. The first-order chi connectivity index (χ1) is 16.5. The van der Waals surface area contributed by atoms with Crippen molar-refractivity contribution in [3.8, 4) is 0 Å². The molecule has 1 aliphatic heterocycles. The Hall–Kier alpha value is -3.36. The molecule has 7 nitrogen and oxygen atoms in total. The van der Waals surface area contributed by atoms with Crippen LogP contribution in [0, 0.1) is 5.82 Å². The molecule has 1 unspecified atom stereocenters. The van der Waals surface area contributed by atoms with Crippen molar-refractivity contribution in [2.45, 2.75) is 25.4 Å². The van der Waals surface area contributed by atoms with Gasteiger partial charge in [-0.2, -0.15) is 0 Å². The molecule has 9 heteroatoms. The lowest BCUT2D eigenvalue weighted by molar-refractivity contribution is 0.0901. The van der Waals surface area contributed by atoms with Crippen molar-refractivity contribution >= 4 is 23.4 Å². The van der Waals surface area contributed by atoms with Crippen LogP contribution in [-0.2, 0) is 6.54 Å². The van der Waals surface area contributed by atoms with Crippen LogP contribution in [0.3, 0.4) is 0 Å². The van der Waals surface area contributed by atoms with Crippen LogP contribution in [0.2, 0.25) is 5.02 Å². The summed E-state index contributed by atoms with van der Waals surface area (Å²) in [5, 5.41) is 6.27. The number of nitrogens with zero attached hydrogens (tertiary/aromatic N) is 3. The maximum atomic E-state index is 13.1. The average molecular weight is 482 g/mol. The third kappa shape index (κ3) is 5.95. The SMILES string of the molecule is O=C(NCc1ccc(F)cc1)c1nccnc1C(=O)NCC(c1cccc(Cl)c1)N1CCCC1. The van der Waals surface area contributed by atoms with Gasteiger partial charge in [0.15, 0.2) is 11.4 Å². The predicted molar refractivity (Wildman–Crippen MR) is 127 cm³/mol. The molecule has 2 aromatic carbocycles. The minimum Gasteiger partial charge on any atom is -0.349 e. The Kier molecular flexibility index (Phi) is 7.82. The second kappa shape index (κ2) is 11.2. The minimum absolute atomic E-state index is 0.0439. The summed E-state index contributed by atoms with van der Waals surface area (Å²) in [6.07, 6.45) is 4.95. The first kappa shape index (κ1) is 23.8. The Bertz CT molecular complexity index is 1150. The Morgan fingerprint density at radius 1 is 0.971 bits per heavy atom. The van der Waals surface area contributed by atoms with Crippen molar-refractivity contribution in [2.75, 3.05) is 19.6 Å². The molecule has 2 heterocycles. The second-order valence-corrected chi connectivity index (χ2v) is 8.52. The van der Waals surface area contributed by atoms with Crippen molar-refractivity contribution in [2.24, 2.45) is 0 Å². The molecule has 0 aliphatic carbocycles. The first-order valence-corrected chi connectivity index (χ1v) is 11.5. The molecule has 1 atom stereocenters. The largest absolute Gasteiger partial charge is 0.349 e. The number of carbonyl (C=O) groups excluding carboxylic acids is 2. The molecule has 1 aliphatic rings. The molecule has 176 valence electrons. The zero-order chi connectivity index (χ0) is 23.9. The highest BCUT2D eigenvalue weighted by Crippen LogP contribution is 2.26. The number of hydrogen-bond donors (Lipinski definition) is 2. The van der Waals surface area contributed by atoms with Gasteiger partial charge in [-0.1, -0.05) is 35.9 Å². The van der Waals surface area contributed by atoms with Gasteiger partial charge in [0.25, 0.3) is 11.8 Å². The van der Waals surface area contributed by atoms with Crippen molar-refractivity contribution < 1.29 is 14.0 Å². The molecule has 4 rings (SSSR count). The monoisotopic (exact) mass is 481 g/mol. The van der Waals surface area contributed by atoms with Gasteiger partial charge < -0.3 is 10.6 Å². The topological polar surface area (TPSA) is 87.2 Å². The van der Waals surface area contributed by atoms with Crippen LogP contribution in [0.25, 0.3) is 0 Å². The maximum absolute atomic E-state index is 13.1. The van der Waals surface area contributed by atoms with Crippen LogP contribution in [-0.4, -0.2) is 46.3 Å². The number of rotatable bonds is 8. The number of likely N-dealkylation sites (tertiary alicyclic amines) is 1. The highest BCUT2D eigenvalue weighted by molar-refractivity contribution is 6.30. The van der Waals surface area contributed by atoms with Crippen molar-refractivity contribution in [1.82, 2.24) is 25.5 Å². The van der Waals surface area contributed by atoms with E-state index >= 15 is 0 Å². The molecule has 2 N–H and O–H groups in total. The van der Waals surface area contributed by atoms with E-state index in [0.29, 0.717) is 11.6 Å². The molecule has 0 spiro atoms. The maximum Gasteiger partial charge on any atom is 0.272 e. The van der Waals surface area contributed by atoms with E-state index in [1.165, 1.54) is 24.5 Å². The van der Waals surface area contributed by atoms with Crippen molar-refractivity contribution in [3.63, 3.8) is 0 Å². The van der Waals surface area contributed by atoms with Gasteiger partial charge in [0.2, 0.25) is 0 Å². The van der Waals surface area contributed by atoms with Crippen LogP contribution in [0.5, 0.6) is 0 Å². The summed E-state index contributed by atoms with van der Waals surface area (Å²) in [5.74, 6) is -1.37. The van der Waals surface area contributed by atoms with Gasteiger partial charge in [-0.3, -0.25) is 14.5 Å². The summed E-state index contributed by atoms with van der Waals surface area (Å²) < 4.78 is 13.1. The zero-order valence-electron chi connectivity index (χ0n) is 18.5. The third-order valence-electron chi connectivity index (χ3n) is 5.77. The summed E-state index contributed by atoms with van der Waals surface area (Å²) in [5.41, 5.74) is 1.62. The van der Waals surface area contributed by atoms with E-state index < -0.39 is 11.8 Å². The highest BCUT2D eigenvalue weighted by atomic mass is 35.5. The van der Waals surface area contributed by atoms with E-state index in [1.807, 2.05) is 24.3 Å². The number of aromatic nitrogens is 2. The van der Waals surface area contributed by atoms with Crippen LogP contribution >= 0.6 is 11.6 Å². The summed E-state index contributed by atoms with van der Waals surface area (Å²) in [7, 11) is 0. The second-order valence-electron chi connectivity index (χ2n) is 8.09. The molecule has 34 heavy (non-hydrogen) atoms. The Balaban J connectivity index is 1.45. The number of nitrogens with one attached hydrogen (secondary N) is 2. The van der Waals surface area contributed by atoms with E-state index in [2.05, 4.69) is 25.5 Å². The van der Waals surface area contributed by atoms with Crippen LogP contribution in [0.1, 0.15) is 51.0 Å². The Morgan fingerprint density at radius 3 is 2.26 bits per heavy atom. The van der Waals surface area contributed by atoms with E-state index in [9.17, 15) is 14.0 Å². The highest BCUT2D eigenvalue weighted by Gasteiger charge is 2.26. The molecule has 3 aromatic rings. The van der Waals surface area contributed by atoms with E-state index in [4.69, 9.17) is 11.6 Å². The predicted octanol–water partition coefficient (Wildman–Crippen LogP) is 3.77.